The molecule has 0 heterocycles. The molecule has 0 radical (unpaired) electrons. The lowest BCUT2D eigenvalue weighted by atomic mass is 10.1. The molecular formula is C16H24N2O3. The Labute approximate surface area is 125 Å². The second-order valence-electron chi connectivity index (χ2n) is 5.50. The maximum Gasteiger partial charge on any atom is 0.326 e. The Kier molecular flexibility index (Phi) is 7.29. The highest BCUT2D eigenvalue weighted by Crippen LogP contribution is 2.05. The van der Waals surface area contributed by atoms with Crippen LogP contribution in [0, 0.1) is 5.92 Å². The number of benzene rings is 1. The van der Waals surface area contributed by atoms with E-state index in [1.807, 2.05) is 30.3 Å². The summed E-state index contributed by atoms with van der Waals surface area (Å²) in [6.45, 7) is 4.69. The molecule has 5 heteroatoms. The molecule has 0 fully saturated rings. The van der Waals surface area contributed by atoms with Crippen LogP contribution in [-0.4, -0.2) is 29.7 Å². The highest BCUT2D eigenvalue weighted by molar-refractivity contribution is 5.82. The Hall–Kier alpha value is -2.04. The standard InChI is InChI=1S/C16H24N2O3/c1-12(2)10-11-17-16(21)18-14(15(19)20)9-8-13-6-4-3-5-7-13/h3-7,12,14H,8-11H2,1-2H3,(H,19,20)(H2,17,18,21). The zero-order valence-corrected chi connectivity index (χ0v) is 12.6. The van der Waals surface area contributed by atoms with E-state index in [0.717, 1.165) is 12.0 Å². The number of carbonyl (C=O) groups is 2. The number of carboxylic acid groups (broad SMARTS) is 1. The van der Waals surface area contributed by atoms with Crippen LogP contribution in [0.5, 0.6) is 0 Å². The van der Waals surface area contributed by atoms with Crippen LogP contribution in [0.3, 0.4) is 0 Å². The summed E-state index contributed by atoms with van der Waals surface area (Å²) in [5, 5.41) is 14.4. The van der Waals surface area contributed by atoms with Gasteiger partial charge in [0.05, 0.1) is 0 Å². The van der Waals surface area contributed by atoms with Crippen molar-refractivity contribution >= 4 is 12.0 Å². The molecule has 0 aliphatic rings. The van der Waals surface area contributed by atoms with Gasteiger partial charge in [0.2, 0.25) is 0 Å². The van der Waals surface area contributed by atoms with Gasteiger partial charge in [0.25, 0.3) is 0 Å². The minimum atomic E-state index is -1.01. The molecule has 0 aromatic heterocycles. The summed E-state index contributed by atoms with van der Waals surface area (Å²) in [5.74, 6) is -0.511. The van der Waals surface area contributed by atoms with Crippen LogP contribution >= 0.6 is 0 Å². The van der Waals surface area contributed by atoms with E-state index < -0.39 is 18.0 Å². The first kappa shape index (κ1) is 17.0. The van der Waals surface area contributed by atoms with Crippen LogP contribution in [-0.2, 0) is 11.2 Å². The molecule has 3 N–H and O–H groups in total. The van der Waals surface area contributed by atoms with Crippen LogP contribution in [0.2, 0.25) is 0 Å². The molecule has 1 aromatic rings. The molecule has 1 rings (SSSR count). The molecule has 0 saturated heterocycles. The smallest absolute Gasteiger partial charge is 0.326 e. The number of hydrogen-bond acceptors (Lipinski definition) is 2. The van der Waals surface area contributed by atoms with Gasteiger partial charge in [-0.2, -0.15) is 0 Å². The Morgan fingerprint density at radius 2 is 1.81 bits per heavy atom. The van der Waals surface area contributed by atoms with Gasteiger partial charge in [-0.05, 0) is 30.7 Å². The first-order chi connectivity index (χ1) is 9.99. The number of hydrogen-bond donors (Lipinski definition) is 3. The molecule has 1 atom stereocenters. The first-order valence-electron chi connectivity index (χ1n) is 7.30. The molecule has 0 saturated carbocycles. The van der Waals surface area contributed by atoms with Crippen molar-refractivity contribution in [1.82, 2.24) is 10.6 Å². The molecule has 0 bridgehead atoms. The third-order valence-corrected chi connectivity index (χ3v) is 3.18. The number of carboxylic acids is 1. The largest absolute Gasteiger partial charge is 0.480 e. The van der Waals surface area contributed by atoms with E-state index in [4.69, 9.17) is 0 Å². The van der Waals surface area contributed by atoms with Gasteiger partial charge in [-0.15, -0.1) is 0 Å². The number of urea groups is 1. The molecule has 116 valence electrons. The molecular weight excluding hydrogens is 268 g/mol. The maximum atomic E-state index is 11.7. The zero-order valence-electron chi connectivity index (χ0n) is 12.6. The van der Waals surface area contributed by atoms with Gasteiger partial charge in [0.1, 0.15) is 6.04 Å². The summed E-state index contributed by atoms with van der Waals surface area (Å²) in [4.78, 5) is 22.9. The third-order valence-electron chi connectivity index (χ3n) is 3.18. The lowest BCUT2D eigenvalue weighted by molar-refractivity contribution is -0.139. The fourth-order valence-corrected chi connectivity index (χ4v) is 1.90. The summed E-state index contributed by atoms with van der Waals surface area (Å²) >= 11 is 0. The molecule has 21 heavy (non-hydrogen) atoms. The number of carbonyl (C=O) groups excluding carboxylic acids is 1. The normalized spacial score (nSPS) is 12.0. The van der Waals surface area contributed by atoms with E-state index in [-0.39, 0.29) is 0 Å². The highest BCUT2D eigenvalue weighted by atomic mass is 16.4. The average molecular weight is 292 g/mol. The molecule has 1 aromatic carbocycles. The Balaban J connectivity index is 2.39. The summed E-state index contributed by atoms with van der Waals surface area (Å²) < 4.78 is 0. The molecule has 0 aliphatic heterocycles. The molecule has 5 nitrogen and oxygen atoms in total. The van der Waals surface area contributed by atoms with Crippen molar-refractivity contribution in [1.29, 1.82) is 0 Å². The molecule has 0 aliphatic carbocycles. The third kappa shape index (κ3) is 7.34. The van der Waals surface area contributed by atoms with E-state index in [0.29, 0.717) is 25.3 Å². The van der Waals surface area contributed by atoms with Crippen molar-refractivity contribution in [3.8, 4) is 0 Å². The lowest BCUT2D eigenvalue weighted by Crippen LogP contribution is -2.46. The number of aryl methyl sites for hydroxylation is 1. The average Bonchev–Trinajstić information content (AvgIpc) is 2.43. The van der Waals surface area contributed by atoms with Crippen LogP contribution in [0.25, 0.3) is 0 Å². The fraction of sp³-hybridized carbons (Fsp3) is 0.500. The predicted octanol–water partition coefficient (Wildman–Crippen LogP) is 2.42. The topological polar surface area (TPSA) is 78.4 Å². The van der Waals surface area contributed by atoms with Gasteiger partial charge < -0.3 is 15.7 Å². The van der Waals surface area contributed by atoms with Gasteiger partial charge >= 0.3 is 12.0 Å². The summed E-state index contributed by atoms with van der Waals surface area (Å²) in [7, 11) is 0. The number of aliphatic carboxylic acids is 1. The van der Waals surface area contributed by atoms with Crippen molar-refractivity contribution in [3.05, 3.63) is 35.9 Å². The minimum Gasteiger partial charge on any atom is -0.480 e. The quantitative estimate of drug-likeness (QED) is 0.688. The van der Waals surface area contributed by atoms with Gasteiger partial charge in [-0.25, -0.2) is 9.59 Å². The van der Waals surface area contributed by atoms with Crippen molar-refractivity contribution in [2.24, 2.45) is 5.92 Å². The maximum absolute atomic E-state index is 11.7. The van der Waals surface area contributed by atoms with Gasteiger partial charge in [0, 0.05) is 6.54 Å². The second-order valence-corrected chi connectivity index (χ2v) is 5.50. The summed E-state index contributed by atoms with van der Waals surface area (Å²) in [6.07, 6.45) is 1.86. The van der Waals surface area contributed by atoms with E-state index in [9.17, 15) is 14.7 Å². The highest BCUT2D eigenvalue weighted by Gasteiger charge is 2.19. The van der Waals surface area contributed by atoms with Crippen LogP contribution in [0.4, 0.5) is 4.79 Å². The Morgan fingerprint density at radius 3 is 2.38 bits per heavy atom. The number of rotatable bonds is 8. The zero-order chi connectivity index (χ0) is 15.7. The first-order valence-corrected chi connectivity index (χ1v) is 7.30. The van der Waals surface area contributed by atoms with Crippen molar-refractivity contribution in [2.75, 3.05) is 6.54 Å². The molecule has 2 amide bonds. The SMILES string of the molecule is CC(C)CCNC(=O)NC(CCc1ccccc1)C(=O)O. The predicted molar refractivity (Wildman–Crippen MR) is 82.2 cm³/mol. The monoisotopic (exact) mass is 292 g/mol. The van der Waals surface area contributed by atoms with Crippen LogP contribution in [0.1, 0.15) is 32.3 Å². The summed E-state index contributed by atoms with van der Waals surface area (Å²) in [5.41, 5.74) is 1.06. The fourth-order valence-electron chi connectivity index (χ4n) is 1.90. The Bertz CT molecular complexity index is 446. The number of amides is 2. The van der Waals surface area contributed by atoms with Gasteiger partial charge in [-0.3, -0.25) is 0 Å². The van der Waals surface area contributed by atoms with Crippen LogP contribution in [0.15, 0.2) is 30.3 Å². The van der Waals surface area contributed by atoms with E-state index in [2.05, 4.69) is 24.5 Å². The number of nitrogens with one attached hydrogen (secondary N) is 2. The Morgan fingerprint density at radius 1 is 1.14 bits per heavy atom. The lowest BCUT2D eigenvalue weighted by Gasteiger charge is -2.15. The van der Waals surface area contributed by atoms with Crippen molar-refractivity contribution in [2.45, 2.75) is 39.2 Å². The van der Waals surface area contributed by atoms with E-state index in [1.165, 1.54) is 0 Å². The summed E-state index contributed by atoms with van der Waals surface area (Å²) in [6, 6.07) is 8.34. The minimum absolute atomic E-state index is 0.372. The van der Waals surface area contributed by atoms with Crippen molar-refractivity contribution in [3.63, 3.8) is 0 Å². The molecule has 0 spiro atoms. The molecule has 1 unspecified atom stereocenters. The van der Waals surface area contributed by atoms with E-state index in [1.54, 1.807) is 0 Å². The van der Waals surface area contributed by atoms with Crippen LogP contribution < -0.4 is 10.6 Å². The van der Waals surface area contributed by atoms with Gasteiger partial charge in [0.15, 0.2) is 0 Å². The van der Waals surface area contributed by atoms with E-state index >= 15 is 0 Å². The second kappa shape index (κ2) is 9.00. The van der Waals surface area contributed by atoms with Crippen molar-refractivity contribution < 1.29 is 14.7 Å². The van der Waals surface area contributed by atoms with Gasteiger partial charge in [-0.1, -0.05) is 44.2 Å².